The number of halogens is 1. The number of fused-ring (bicyclic) bond motifs is 1. The van der Waals surface area contributed by atoms with E-state index in [0.29, 0.717) is 6.61 Å². The molecule has 1 aliphatic rings. The maximum Gasteiger partial charge on any atom is 0.192 e. The summed E-state index contributed by atoms with van der Waals surface area (Å²) in [4.78, 5) is 12.6. The Bertz CT molecular complexity index is 615. The molecule has 1 heterocycles. The van der Waals surface area contributed by atoms with Crippen LogP contribution in [-0.2, 0) is 4.74 Å². The molecule has 0 amide bonds. The first kappa shape index (κ1) is 12.8. The van der Waals surface area contributed by atoms with Crippen LogP contribution in [0.2, 0.25) is 0 Å². The van der Waals surface area contributed by atoms with Crippen LogP contribution in [0, 0.1) is 0 Å². The molecule has 98 valence electrons. The van der Waals surface area contributed by atoms with Crippen LogP contribution in [-0.4, -0.2) is 18.5 Å². The minimum atomic E-state index is -0.265. The molecule has 0 N–H and O–H groups in total. The van der Waals surface area contributed by atoms with Crippen LogP contribution in [0.15, 0.2) is 40.9 Å². The third-order valence-corrected chi connectivity index (χ3v) is 4.30. The fourth-order valence-corrected chi connectivity index (χ4v) is 3.08. The Morgan fingerprint density at radius 2 is 1.89 bits per heavy atom. The topological polar surface area (TPSA) is 26.3 Å². The summed E-state index contributed by atoms with van der Waals surface area (Å²) in [6, 6.07) is 11.8. The van der Waals surface area contributed by atoms with Gasteiger partial charge in [-0.25, -0.2) is 0 Å². The van der Waals surface area contributed by atoms with Crippen LogP contribution in [0.4, 0.5) is 0 Å². The molecule has 19 heavy (non-hydrogen) atoms. The molecule has 1 aliphatic heterocycles. The Morgan fingerprint density at radius 1 is 1.11 bits per heavy atom. The largest absolute Gasteiger partial charge is 0.370 e. The second-order valence-electron chi connectivity index (χ2n) is 4.86. The molecule has 0 aromatic heterocycles. The fourth-order valence-electron chi connectivity index (χ4n) is 2.60. The van der Waals surface area contributed by atoms with Crippen molar-refractivity contribution >= 4 is 32.5 Å². The zero-order valence-corrected chi connectivity index (χ0v) is 12.2. The number of rotatable bonds is 2. The quantitative estimate of drug-likeness (QED) is 0.769. The van der Waals surface area contributed by atoms with Gasteiger partial charge in [0.1, 0.15) is 6.10 Å². The van der Waals surface area contributed by atoms with E-state index in [9.17, 15) is 4.79 Å². The van der Waals surface area contributed by atoms with Gasteiger partial charge in [-0.1, -0.05) is 40.2 Å². The Balaban J connectivity index is 2.05. The van der Waals surface area contributed by atoms with Crippen molar-refractivity contribution in [3.8, 4) is 0 Å². The smallest absolute Gasteiger partial charge is 0.192 e. The summed E-state index contributed by atoms with van der Waals surface area (Å²) in [6.07, 6.45) is 2.71. The second kappa shape index (κ2) is 5.43. The van der Waals surface area contributed by atoms with E-state index in [1.807, 2.05) is 36.4 Å². The van der Waals surface area contributed by atoms with Crippen molar-refractivity contribution in [2.75, 3.05) is 6.61 Å². The third kappa shape index (κ3) is 2.45. The van der Waals surface area contributed by atoms with E-state index < -0.39 is 0 Å². The van der Waals surface area contributed by atoms with Gasteiger partial charge in [0.2, 0.25) is 0 Å². The van der Waals surface area contributed by atoms with E-state index in [1.165, 1.54) is 0 Å². The molecule has 0 saturated carbocycles. The van der Waals surface area contributed by atoms with E-state index in [-0.39, 0.29) is 11.9 Å². The zero-order chi connectivity index (χ0) is 13.2. The maximum atomic E-state index is 12.6. The minimum absolute atomic E-state index is 0.114. The molecule has 1 saturated heterocycles. The molecule has 0 spiro atoms. The summed E-state index contributed by atoms with van der Waals surface area (Å²) in [6.45, 7) is 0.699. The first-order chi connectivity index (χ1) is 9.27. The normalized spacial score (nSPS) is 19.5. The van der Waals surface area contributed by atoms with Crippen molar-refractivity contribution in [3.63, 3.8) is 0 Å². The van der Waals surface area contributed by atoms with Gasteiger partial charge < -0.3 is 4.74 Å². The number of benzene rings is 2. The van der Waals surface area contributed by atoms with Gasteiger partial charge in [-0.3, -0.25) is 4.79 Å². The van der Waals surface area contributed by atoms with E-state index >= 15 is 0 Å². The van der Waals surface area contributed by atoms with Crippen LogP contribution >= 0.6 is 15.9 Å². The van der Waals surface area contributed by atoms with Crippen LogP contribution in [0.1, 0.15) is 29.6 Å². The van der Waals surface area contributed by atoms with E-state index in [2.05, 4.69) is 15.9 Å². The Hall–Kier alpha value is -1.19. The van der Waals surface area contributed by atoms with Crippen molar-refractivity contribution in [3.05, 3.63) is 46.4 Å². The lowest BCUT2D eigenvalue weighted by Gasteiger charge is -2.22. The summed E-state index contributed by atoms with van der Waals surface area (Å²) in [5.74, 6) is 0.114. The van der Waals surface area contributed by atoms with Crippen LogP contribution in [0.25, 0.3) is 10.8 Å². The van der Waals surface area contributed by atoms with E-state index in [1.54, 1.807) is 0 Å². The number of ketones is 1. The van der Waals surface area contributed by atoms with Crippen molar-refractivity contribution in [2.24, 2.45) is 0 Å². The average molecular weight is 319 g/mol. The number of carbonyl (C=O) groups excluding carboxylic acids is 1. The number of carbonyl (C=O) groups is 1. The lowest BCUT2D eigenvalue weighted by Crippen LogP contribution is -2.28. The molecule has 0 radical (unpaired) electrons. The highest BCUT2D eigenvalue weighted by molar-refractivity contribution is 9.10. The van der Waals surface area contributed by atoms with Gasteiger partial charge >= 0.3 is 0 Å². The molecule has 2 nitrogen and oxygen atoms in total. The predicted octanol–water partition coefficient (Wildman–Crippen LogP) is 4.35. The third-order valence-electron chi connectivity index (χ3n) is 3.61. The summed E-state index contributed by atoms with van der Waals surface area (Å²) in [5, 5.41) is 2.07. The predicted molar refractivity (Wildman–Crippen MR) is 79.6 cm³/mol. The SMILES string of the molecule is O=C(c1ccc(Br)c2ccccc12)C1CCCCO1. The summed E-state index contributed by atoms with van der Waals surface area (Å²) < 4.78 is 6.63. The summed E-state index contributed by atoms with van der Waals surface area (Å²) in [5.41, 5.74) is 0.769. The van der Waals surface area contributed by atoms with Gasteiger partial charge in [0.15, 0.2) is 5.78 Å². The van der Waals surface area contributed by atoms with E-state index in [4.69, 9.17) is 4.74 Å². The van der Waals surface area contributed by atoms with Crippen LogP contribution in [0.3, 0.4) is 0 Å². The molecule has 1 fully saturated rings. The number of hydrogen-bond acceptors (Lipinski definition) is 2. The molecule has 3 heteroatoms. The molecule has 2 aromatic carbocycles. The van der Waals surface area contributed by atoms with Gasteiger partial charge in [0, 0.05) is 16.6 Å². The van der Waals surface area contributed by atoms with Crippen molar-refractivity contribution in [1.82, 2.24) is 0 Å². The van der Waals surface area contributed by atoms with Crippen molar-refractivity contribution in [1.29, 1.82) is 0 Å². The van der Waals surface area contributed by atoms with E-state index in [0.717, 1.165) is 40.1 Å². The van der Waals surface area contributed by atoms with Crippen molar-refractivity contribution in [2.45, 2.75) is 25.4 Å². The van der Waals surface area contributed by atoms with Gasteiger partial charge in [0.05, 0.1) is 0 Å². The molecular formula is C16H15BrO2. The minimum Gasteiger partial charge on any atom is -0.370 e. The van der Waals surface area contributed by atoms with Crippen LogP contribution < -0.4 is 0 Å². The molecule has 0 bridgehead atoms. The van der Waals surface area contributed by atoms with Gasteiger partial charge in [-0.15, -0.1) is 0 Å². The Labute approximate surface area is 120 Å². The fraction of sp³-hybridized carbons (Fsp3) is 0.312. The monoisotopic (exact) mass is 318 g/mol. The molecular weight excluding hydrogens is 304 g/mol. The Morgan fingerprint density at radius 3 is 2.63 bits per heavy atom. The highest BCUT2D eigenvalue weighted by atomic mass is 79.9. The second-order valence-corrected chi connectivity index (χ2v) is 5.71. The summed E-state index contributed by atoms with van der Waals surface area (Å²) >= 11 is 3.53. The molecule has 1 unspecified atom stereocenters. The van der Waals surface area contributed by atoms with Gasteiger partial charge in [-0.2, -0.15) is 0 Å². The summed E-state index contributed by atoms with van der Waals surface area (Å²) in [7, 11) is 0. The molecule has 2 aromatic rings. The first-order valence-electron chi connectivity index (χ1n) is 6.60. The van der Waals surface area contributed by atoms with Crippen molar-refractivity contribution < 1.29 is 9.53 Å². The molecule has 0 aliphatic carbocycles. The number of ether oxygens (including phenoxy) is 1. The highest BCUT2D eigenvalue weighted by Crippen LogP contribution is 2.29. The highest BCUT2D eigenvalue weighted by Gasteiger charge is 2.24. The number of hydrogen-bond donors (Lipinski definition) is 0. The Kier molecular flexibility index (Phi) is 3.67. The molecule has 1 atom stereocenters. The lowest BCUT2D eigenvalue weighted by atomic mass is 9.95. The average Bonchev–Trinajstić information content (AvgIpc) is 2.48. The zero-order valence-electron chi connectivity index (χ0n) is 10.6. The molecule has 3 rings (SSSR count). The van der Waals surface area contributed by atoms with Crippen LogP contribution in [0.5, 0.6) is 0 Å². The van der Waals surface area contributed by atoms with Gasteiger partial charge in [-0.05, 0) is 42.2 Å². The first-order valence-corrected chi connectivity index (χ1v) is 7.40. The maximum absolute atomic E-state index is 12.6. The lowest BCUT2D eigenvalue weighted by molar-refractivity contribution is 0.0188. The van der Waals surface area contributed by atoms with Gasteiger partial charge in [0.25, 0.3) is 0 Å². The standard InChI is InChI=1S/C16H15BrO2/c17-14-9-8-13(11-5-1-2-6-12(11)14)16(18)15-7-3-4-10-19-15/h1-2,5-6,8-9,15H,3-4,7,10H2. The number of Topliss-reactive ketones (excluding diaryl/α,β-unsaturated/α-hetero) is 1.